The van der Waals surface area contributed by atoms with Crippen LogP contribution < -0.4 is 4.74 Å². The SMILES string of the molecule is COCCS(=O)(=O)c1ccc(C(=O)N(C)CCOc2cccc(C)c2)cc1. The van der Waals surface area contributed by atoms with Crippen molar-refractivity contribution in [3.8, 4) is 5.75 Å². The van der Waals surface area contributed by atoms with Crippen LogP contribution in [0, 0.1) is 6.92 Å². The summed E-state index contributed by atoms with van der Waals surface area (Å²) in [7, 11) is -0.264. The Morgan fingerprint density at radius 1 is 1.07 bits per heavy atom. The van der Waals surface area contributed by atoms with Crippen LogP contribution in [-0.4, -0.2) is 58.9 Å². The Labute approximate surface area is 160 Å². The van der Waals surface area contributed by atoms with Crippen molar-refractivity contribution >= 4 is 15.7 Å². The summed E-state index contributed by atoms with van der Waals surface area (Å²) in [4.78, 5) is 14.2. The first-order valence-electron chi connectivity index (χ1n) is 8.60. The van der Waals surface area contributed by atoms with Crippen molar-refractivity contribution in [2.75, 3.05) is 39.7 Å². The zero-order valence-electron chi connectivity index (χ0n) is 15.8. The number of likely N-dealkylation sites (N-methyl/N-ethyl adjacent to an activating group) is 1. The molecule has 0 spiro atoms. The number of carbonyl (C=O) groups excluding carboxylic acids is 1. The van der Waals surface area contributed by atoms with E-state index in [1.165, 1.54) is 31.4 Å². The molecule has 0 saturated carbocycles. The second-order valence-corrected chi connectivity index (χ2v) is 8.34. The van der Waals surface area contributed by atoms with E-state index in [-0.39, 0.29) is 23.2 Å². The molecule has 1 amide bonds. The number of rotatable bonds is 9. The second-order valence-electron chi connectivity index (χ2n) is 6.23. The van der Waals surface area contributed by atoms with E-state index in [1.54, 1.807) is 11.9 Å². The molecule has 0 unspecified atom stereocenters. The Morgan fingerprint density at radius 2 is 1.78 bits per heavy atom. The van der Waals surface area contributed by atoms with Gasteiger partial charge >= 0.3 is 0 Å². The van der Waals surface area contributed by atoms with Gasteiger partial charge < -0.3 is 14.4 Å². The molecule has 0 radical (unpaired) electrons. The maximum absolute atomic E-state index is 12.5. The minimum absolute atomic E-state index is 0.0903. The van der Waals surface area contributed by atoms with Crippen LogP contribution >= 0.6 is 0 Å². The van der Waals surface area contributed by atoms with Crippen molar-refractivity contribution in [1.29, 1.82) is 0 Å². The van der Waals surface area contributed by atoms with Crippen molar-refractivity contribution in [1.82, 2.24) is 4.90 Å². The average molecular weight is 391 g/mol. The number of benzene rings is 2. The first-order valence-corrected chi connectivity index (χ1v) is 10.3. The van der Waals surface area contributed by atoms with Gasteiger partial charge in [-0.3, -0.25) is 4.79 Å². The Bertz CT molecular complexity index is 862. The summed E-state index contributed by atoms with van der Waals surface area (Å²) in [5, 5.41) is 0. The van der Waals surface area contributed by atoms with E-state index < -0.39 is 9.84 Å². The van der Waals surface area contributed by atoms with E-state index in [1.807, 2.05) is 31.2 Å². The number of nitrogens with zero attached hydrogens (tertiary/aromatic N) is 1. The zero-order chi connectivity index (χ0) is 19.9. The molecule has 0 N–H and O–H groups in total. The molecule has 0 fully saturated rings. The fourth-order valence-corrected chi connectivity index (χ4v) is 3.62. The predicted octanol–water partition coefficient (Wildman–Crippen LogP) is 2.57. The second kappa shape index (κ2) is 9.53. The third-order valence-corrected chi connectivity index (χ3v) is 5.74. The molecule has 0 heterocycles. The topological polar surface area (TPSA) is 72.9 Å². The molecule has 0 bridgehead atoms. The minimum Gasteiger partial charge on any atom is -0.492 e. The largest absolute Gasteiger partial charge is 0.492 e. The normalized spacial score (nSPS) is 11.2. The number of ether oxygens (including phenoxy) is 2. The summed E-state index contributed by atoms with van der Waals surface area (Å²) in [6.07, 6.45) is 0. The van der Waals surface area contributed by atoms with Gasteiger partial charge in [-0.25, -0.2) is 8.42 Å². The molecule has 6 nitrogen and oxygen atoms in total. The van der Waals surface area contributed by atoms with E-state index in [2.05, 4.69) is 0 Å². The van der Waals surface area contributed by atoms with Gasteiger partial charge in [0.05, 0.1) is 23.8 Å². The molecular formula is C20H25NO5S. The summed E-state index contributed by atoms with van der Waals surface area (Å²) < 4.78 is 34.7. The standard InChI is InChI=1S/C20H25NO5S/c1-16-5-4-6-18(15-16)26-12-11-21(2)20(22)17-7-9-19(10-8-17)27(23,24)14-13-25-3/h4-10,15H,11-14H2,1-3H3. The van der Waals surface area contributed by atoms with Crippen molar-refractivity contribution in [3.63, 3.8) is 0 Å². The lowest BCUT2D eigenvalue weighted by atomic mass is 10.2. The van der Waals surface area contributed by atoms with Crippen LogP contribution in [-0.2, 0) is 14.6 Å². The van der Waals surface area contributed by atoms with E-state index >= 15 is 0 Å². The zero-order valence-corrected chi connectivity index (χ0v) is 16.7. The molecule has 2 aromatic rings. The van der Waals surface area contributed by atoms with Gasteiger partial charge in [-0.2, -0.15) is 0 Å². The number of carbonyl (C=O) groups is 1. The molecule has 27 heavy (non-hydrogen) atoms. The third-order valence-electron chi connectivity index (χ3n) is 4.05. The van der Waals surface area contributed by atoms with Crippen molar-refractivity contribution in [2.45, 2.75) is 11.8 Å². The van der Waals surface area contributed by atoms with Gasteiger partial charge in [-0.05, 0) is 48.9 Å². The number of hydrogen-bond acceptors (Lipinski definition) is 5. The van der Waals surface area contributed by atoms with Crippen molar-refractivity contribution < 1.29 is 22.7 Å². The Morgan fingerprint density at radius 3 is 2.41 bits per heavy atom. The van der Waals surface area contributed by atoms with E-state index in [0.29, 0.717) is 18.7 Å². The molecule has 0 aliphatic heterocycles. The summed E-state index contributed by atoms with van der Waals surface area (Å²) in [6.45, 7) is 2.91. The minimum atomic E-state index is -3.40. The average Bonchev–Trinajstić information content (AvgIpc) is 2.66. The quantitative estimate of drug-likeness (QED) is 0.657. The molecule has 0 aromatic heterocycles. The number of aryl methyl sites for hydroxylation is 1. The lowest BCUT2D eigenvalue weighted by Crippen LogP contribution is -2.30. The van der Waals surface area contributed by atoms with Crippen molar-refractivity contribution in [3.05, 3.63) is 59.7 Å². The number of hydrogen-bond donors (Lipinski definition) is 0. The highest BCUT2D eigenvalue weighted by atomic mass is 32.2. The molecule has 0 atom stereocenters. The monoisotopic (exact) mass is 391 g/mol. The smallest absolute Gasteiger partial charge is 0.253 e. The lowest BCUT2D eigenvalue weighted by molar-refractivity contribution is 0.0773. The maximum atomic E-state index is 12.5. The van der Waals surface area contributed by atoms with Crippen LogP contribution in [0.4, 0.5) is 0 Å². The number of amides is 1. The molecule has 2 aromatic carbocycles. The van der Waals surface area contributed by atoms with Crippen LogP contribution in [0.3, 0.4) is 0 Å². The van der Waals surface area contributed by atoms with Gasteiger partial charge in [0.1, 0.15) is 12.4 Å². The first-order chi connectivity index (χ1) is 12.8. The van der Waals surface area contributed by atoms with Gasteiger partial charge in [-0.1, -0.05) is 12.1 Å². The summed E-state index contributed by atoms with van der Waals surface area (Å²) in [5.74, 6) is 0.484. The van der Waals surface area contributed by atoms with Crippen LogP contribution in [0.15, 0.2) is 53.4 Å². The predicted molar refractivity (Wildman–Crippen MR) is 104 cm³/mol. The van der Waals surface area contributed by atoms with Crippen LogP contribution in [0.2, 0.25) is 0 Å². The Balaban J connectivity index is 1.92. The summed E-state index contributed by atoms with van der Waals surface area (Å²) in [6, 6.07) is 13.7. The number of sulfone groups is 1. The van der Waals surface area contributed by atoms with Gasteiger partial charge in [-0.15, -0.1) is 0 Å². The number of methoxy groups -OCH3 is 1. The van der Waals surface area contributed by atoms with Gasteiger partial charge in [0.25, 0.3) is 5.91 Å². The van der Waals surface area contributed by atoms with E-state index in [9.17, 15) is 13.2 Å². The molecule has 2 rings (SSSR count). The molecule has 0 saturated heterocycles. The van der Waals surface area contributed by atoms with Crippen LogP contribution in [0.25, 0.3) is 0 Å². The Kier molecular flexibility index (Phi) is 7.38. The highest BCUT2D eigenvalue weighted by Gasteiger charge is 2.16. The van der Waals surface area contributed by atoms with E-state index in [4.69, 9.17) is 9.47 Å². The van der Waals surface area contributed by atoms with Gasteiger partial charge in [0, 0.05) is 19.7 Å². The summed E-state index contributed by atoms with van der Waals surface area (Å²) >= 11 is 0. The maximum Gasteiger partial charge on any atom is 0.253 e. The van der Waals surface area contributed by atoms with Crippen LogP contribution in [0.1, 0.15) is 15.9 Å². The fourth-order valence-electron chi connectivity index (χ4n) is 2.44. The highest BCUT2D eigenvalue weighted by Crippen LogP contribution is 2.15. The molecule has 0 aliphatic rings. The molecule has 146 valence electrons. The lowest BCUT2D eigenvalue weighted by Gasteiger charge is -2.18. The molecular weight excluding hydrogens is 366 g/mol. The highest BCUT2D eigenvalue weighted by molar-refractivity contribution is 7.91. The first kappa shape index (κ1) is 20.9. The summed E-state index contributed by atoms with van der Waals surface area (Å²) in [5.41, 5.74) is 1.54. The van der Waals surface area contributed by atoms with Crippen LogP contribution in [0.5, 0.6) is 5.75 Å². The third kappa shape index (κ3) is 6.08. The Hall–Kier alpha value is -2.38. The molecule has 0 aliphatic carbocycles. The fraction of sp³-hybridized carbons (Fsp3) is 0.350. The van der Waals surface area contributed by atoms with Gasteiger partial charge in [0.15, 0.2) is 9.84 Å². The van der Waals surface area contributed by atoms with Crippen molar-refractivity contribution in [2.24, 2.45) is 0 Å². The van der Waals surface area contributed by atoms with E-state index in [0.717, 1.165) is 11.3 Å². The molecule has 7 heteroatoms. The van der Waals surface area contributed by atoms with Gasteiger partial charge in [0.2, 0.25) is 0 Å².